The van der Waals surface area contributed by atoms with Crippen molar-refractivity contribution in [1.29, 1.82) is 0 Å². The molecule has 1 N–H and O–H groups in total. The normalized spacial score (nSPS) is 14.2. The summed E-state index contributed by atoms with van der Waals surface area (Å²) in [6.45, 7) is 1.18. The van der Waals surface area contributed by atoms with Gasteiger partial charge < -0.3 is 10.1 Å². The Morgan fingerprint density at radius 1 is 1.21 bits per heavy atom. The first-order valence-corrected chi connectivity index (χ1v) is 10.1. The molecule has 0 bridgehead atoms. The number of halogens is 2. The fourth-order valence-corrected chi connectivity index (χ4v) is 4.08. The van der Waals surface area contributed by atoms with Crippen molar-refractivity contribution in [1.82, 2.24) is 0 Å². The first-order valence-electron chi connectivity index (χ1n) is 8.32. The number of hydrogen-bond acceptors (Lipinski definition) is 5. The molecular weight excluding hydrogens is 423 g/mol. The van der Waals surface area contributed by atoms with Gasteiger partial charge in [-0.15, -0.1) is 11.8 Å². The van der Waals surface area contributed by atoms with Gasteiger partial charge in [0.1, 0.15) is 6.54 Å². The van der Waals surface area contributed by atoms with E-state index in [0.717, 1.165) is 4.90 Å². The Balaban J connectivity index is 1.61. The molecule has 1 heterocycles. The third kappa shape index (κ3) is 4.98. The minimum atomic E-state index is -1.06. The molecule has 1 atom stereocenters. The number of carbonyl (C=O) groups excluding carboxylic acids is 3. The molecule has 28 heavy (non-hydrogen) atoms. The lowest BCUT2D eigenvalue weighted by atomic mass is 10.2. The molecular formula is C19H16Cl2N2O4S. The maximum absolute atomic E-state index is 12.3. The number of carbonyl (C=O) groups is 3. The molecule has 0 radical (unpaired) electrons. The summed E-state index contributed by atoms with van der Waals surface area (Å²) in [6, 6.07) is 11.9. The van der Waals surface area contributed by atoms with Gasteiger partial charge in [0.15, 0.2) is 6.10 Å². The highest BCUT2D eigenvalue weighted by atomic mass is 35.5. The van der Waals surface area contributed by atoms with Crippen molar-refractivity contribution in [2.75, 3.05) is 22.5 Å². The first kappa shape index (κ1) is 20.5. The Hall–Kier alpha value is -2.22. The van der Waals surface area contributed by atoms with Crippen molar-refractivity contribution in [2.45, 2.75) is 17.9 Å². The Bertz CT molecular complexity index is 918. The third-order valence-corrected chi connectivity index (χ3v) is 5.39. The Labute approximate surface area is 176 Å². The third-order valence-electron chi connectivity index (χ3n) is 3.90. The average molecular weight is 439 g/mol. The van der Waals surface area contributed by atoms with Crippen LogP contribution in [0, 0.1) is 0 Å². The SMILES string of the molecule is CC(OC(=O)CN1C(=O)CSc2ccccc21)C(=O)Nc1cc(Cl)cc(Cl)c1. The number of thioether (sulfide) groups is 1. The summed E-state index contributed by atoms with van der Waals surface area (Å²) in [4.78, 5) is 39.1. The van der Waals surface area contributed by atoms with E-state index in [1.807, 2.05) is 12.1 Å². The second-order valence-corrected chi connectivity index (χ2v) is 7.91. The topological polar surface area (TPSA) is 75.7 Å². The van der Waals surface area contributed by atoms with Gasteiger partial charge in [0.2, 0.25) is 5.91 Å². The smallest absolute Gasteiger partial charge is 0.326 e. The van der Waals surface area contributed by atoms with Crippen molar-refractivity contribution in [2.24, 2.45) is 0 Å². The molecule has 0 fully saturated rings. The van der Waals surface area contributed by atoms with Gasteiger partial charge in [-0.3, -0.25) is 19.3 Å². The van der Waals surface area contributed by atoms with Crippen LogP contribution in [0.2, 0.25) is 10.0 Å². The summed E-state index contributed by atoms with van der Waals surface area (Å²) >= 11 is 13.2. The van der Waals surface area contributed by atoms with Gasteiger partial charge in [0.05, 0.1) is 11.4 Å². The number of anilines is 2. The van der Waals surface area contributed by atoms with Crippen molar-refractivity contribution in [3.05, 3.63) is 52.5 Å². The average Bonchev–Trinajstić information content (AvgIpc) is 2.63. The van der Waals surface area contributed by atoms with Gasteiger partial charge in [-0.2, -0.15) is 0 Å². The predicted molar refractivity (Wildman–Crippen MR) is 110 cm³/mol. The van der Waals surface area contributed by atoms with Crippen LogP contribution in [-0.4, -0.2) is 36.2 Å². The quantitative estimate of drug-likeness (QED) is 0.713. The Morgan fingerprint density at radius 2 is 1.89 bits per heavy atom. The number of nitrogens with zero attached hydrogens (tertiary/aromatic N) is 1. The Kier molecular flexibility index (Phi) is 6.49. The van der Waals surface area contributed by atoms with Crippen LogP contribution in [0.15, 0.2) is 47.4 Å². The van der Waals surface area contributed by atoms with E-state index in [9.17, 15) is 14.4 Å². The zero-order valence-corrected chi connectivity index (χ0v) is 17.1. The minimum absolute atomic E-state index is 0.189. The van der Waals surface area contributed by atoms with E-state index in [0.29, 0.717) is 21.4 Å². The highest BCUT2D eigenvalue weighted by Crippen LogP contribution is 2.34. The van der Waals surface area contributed by atoms with Crippen LogP contribution in [-0.2, 0) is 19.1 Å². The lowest BCUT2D eigenvalue weighted by Gasteiger charge is -2.28. The van der Waals surface area contributed by atoms with Crippen molar-refractivity contribution < 1.29 is 19.1 Å². The molecule has 0 aliphatic carbocycles. The molecule has 0 spiro atoms. The minimum Gasteiger partial charge on any atom is -0.451 e. The van der Waals surface area contributed by atoms with Crippen LogP contribution < -0.4 is 10.2 Å². The molecule has 2 aromatic carbocycles. The van der Waals surface area contributed by atoms with Crippen molar-refractivity contribution in [3.63, 3.8) is 0 Å². The standard InChI is InChI=1S/C19H16Cl2N2O4S/c1-11(19(26)22-14-7-12(20)6-13(21)8-14)27-18(25)9-23-15-4-2-3-5-16(15)28-10-17(23)24/h2-8,11H,9-10H2,1H3,(H,22,26). The molecule has 1 unspecified atom stereocenters. The second kappa shape index (κ2) is 8.86. The predicted octanol–water partition coefficient (Wildman–Crippen LogP) is 4.00. The number of rotatable bonds is 5. The molecule has 2 aromatic rings. The number of benzene rings is 2. The molecule has 0 aromatic heterocycles. The fraction of sp³-hybridized carbons (Fsp3) is 0.211. The first-order chi connectivity index (χ1) is 13.3. The van der Waals surface area contributed by atoms with Gasteiger partial charge in [-0.1, -0.05) is 35.3 Å². The summed E-state index contributed by atoms with van der Waals surface area (Å²) in [5.41, 5.74) is 1.05. The van der Waals surface area contributed by atoms with E-state index < -0.39 is 18.0 Å². The lowest BCUT2D eigenvalue weighted by molar-refractivity contribution is -0.152. The zero-order chi connectivity index (χ0) is 20.3. The molecule has 9 heteroatoms. The van der Waals surface area contributed by atoms with Gasteiger partial charge in [-0.25, -0.2) is 0 Å². The van der Waals surface area contributed by atoms with E-state index in [1.54, 1.807) is 12.1 Å². The molecule has 0 saturated carbocycles. The number of esters is 1. The molecule has 1 aliphatic heterocycles. The van der Waals surface area contributed by atoms with Crippen LogP contribution in [0.3, 0.4) is 0 Å². The van der Waals surface area contributed by atoms with E-state index >= 15 is 0 Å². The molecule has 146 valence electrons. The van der Waals surface area contributed by atoms with Crippen molar-refractivity contribution >= 4 is 64.1 Å². The number of para-hydroxylation sites is 1. The summed E-state index contributed by atoms with van der Waals surface area (Å²) < 4.78 is 5.19. The number of nitrogens with one attached hydrogen (secondary N) is 1. The van der Waals surface area contributed by atoms with Gasteiger partial charge >= 0.3 is 5.97 Å². The Morgan fingerprint density at radius 3 is 2.61 bits per heavy atom. The number of amides is 2. The molecule has 1 aliphatic rings. The van der Waals surface area contributed by atoms with Crippen LogP contribution in [0.5, 0.6) is 0 Å². The van der Waals surface area contributed by atoms with E-state index in [-0.39, 0.29) is 18.2 Å². The van der Waals surface area contributed by atoms with Crippen LogP contribution in [0.25, 0.3) is 0 Å². The van der Waals surface area contributed by atoms with Crippen LogP contribution >= 0.6 is 35.0 Å². The highest BCUT2D eigenvalue weighted by Gasteiger charge is 2.28. The lowest BCUT2D eigenvalue weighted by Crippen LogP contribution is -2.41. The maximum atomic E-state index is 12.3. The number of ether oxygens (including phenoxy) is 1. The maximum Gasteiger partial charge on any atom is 0.326 e. The van der Waals surface area contributed by atoms with Gasteiger partial charge in [-0.05, 0) is 37.3 Å². The summed E-state index contributed by atoms with van der Waals surface area (Å²) in [5, 5.41) is 3.32. The highest BCUT2D eigenvalue weighted by molar-refractivity contribution is 8.00. The number of fused-ring (bicyclic) bond motifs is 1. The second-order valence-electron chi connectivity index (χ2n) is 6.02. The van der Waals surface area contributed by atoms with Crippen LogP contribution in [0.1, 0.15) is 6.92 Å². The van der Waals surface area contributed by atoms with E-state index in [2.05, 4.69) is 5.32 Å². The van der Waals surface area contributed by atoms with Gasteiger partial charge in [0, 0.05) is 20.6 Å². The molecule has 2 amide bonds. The number of hydrogen-bond donors (Lipinski definition) is 1. The zero-order valence-electron chi connectivity index (χ0n) is 14.8. The summed E-state index contributed by atoms with van der Waals surface area (Å²) in [7, 11) is 0. The molecule has 6 nitrogen and oxygen atoms in total. The summed E-state index contributed by atoms with van der Waals surface area (Å²) in [6.07, 6.45) is -1.06. The monoisotopic (exact) mass is 438 g/mol. The summed E-state index contributed by atoms with van der Waals surface area (Å²) in [5.74, 6) is -1.16. The van der Waals surface area contributed by atoms with Crippen molar-refractivity contribution in [3.8, 4) is 0 Å². The molecule has 3 rings (SSSR count). The van der Waals surface area contributed by atoms with E-state index in [4.69, 9.17) is 27.9 Å². The fourth-order valence-electron chi connectivity index (χ4n) is 2.61. The van der Waals surface area contributed by atoms with E-state index in [1.165, 1.54) is 41.8 Å². The van der Waals surface area contributed by atoms with Gasteiger partial charge in [0.25, 0.3) is 5.91 Å². The molecule has 0 saturated heterocycles. The van der Waals surface area contributed by atoms with Crippen LogP contribution in [0.4, 0.5) is 11.4 Å². The largest absolute Gasteiger partial charge is 0.451 e.